The maximum atomic E-state index is 10.9. The van der Waals surface area contributed by atoms with E-state index in [1.54, 1.807) is 0 Å². The van der Waals surface area contributed by atoms with Crippen LogP contribution in [0.2, 0.25) is 0 Å². The van der Waals surface area contributed by atoms with E-state index >= 15 is 0 Å². The molecule has 0 bridgehead atoms. The van der Waals surface area contributed by atoms with E-state index < -0.39 is 12.0 Å². The van der Waals surface area contributed by atoms with Gasteiger partial charge >= 0.3 is 5.97 Å². The molecule has 1 amide bonds. The molecule has 0 aliphatic carbocycles. The Morgan fingerprint density at radius 3 is 2.55 bits per heavy atom. The van der Waals surface area contributed by atoms with Gasteiger partial charge in [-0.05, 0) is 0 Å². The predicted molar refractivity (Wildman–Crippen MR) is 74.4 cm³/mol. The van der Waals surface area contributed by atoms with E-state index in [1.807, 2.05) is 20.8 Å². The molecular weight excluding hydrogens is 282 g/mol. The van der Waals surface area contributed by atoms with Gasteiger partial charge in [-0.25, -0.2) is 4.79 Å². The van der Waals surface area contributed by atoms with E-state index in [1.165, 1.54) is 18.7 Å². The van der Waals surface area contributed by atoms with Crippen molar-refractivity contribution in [2.45, 2.75) is 44.9 Å². The predicted octanol–water partition coefficient (Wildman–Crippen LogP) is 1.19. The number of rotatable bonds is 6. The van der Waals surface area contributed by atoms with Crippen LogP contribution in [0, 0.1) is 0 Å². The first kappa shape index (κ1) is 16.5. The molecule has 1 atom stereocenters. The van der Waals surface area contributed by atoms with Crippen molar-refractivity contribution < 1.29 is 19.2 Å². The Balaban J connectivity index is 2.49. The van der Waals surface area contributed by atoms with Gasteiger partial charge < -0.3 is 14.9 Å². The van der Waals surface area contributed by atoms with Crippen LogP contribution in [0.25, 0.3) is 0 Å². The van der Waals surface area contributed by atoms with E-state index in [0.29, 0.717) is 17.5 Å². The maximum absolute atomic E-state index is 10.9. The zero-order valence-electron chi connectivity index (χ0n) is 12.0. The second kappa shape index (κ2) is 6.74. The van der Waals surface area contributed by atoms with Gasteiger partial charge in [0.05, 0.1) is 5.75 Å². The van der Waals surface area contributed by atoms with E-state index in [4.69, 9.17) is 9.63 Å². The Bertz CT molecular complexity index is 481. The third-order valence-corrected chi connectivity index (χ3v) is 3.34. The Kier molecular flexibility index (Phi) is 5.55. The molecular formula is C12H19N3O4S. The van der Waals surface area contributed by atoms with Crippen LogP contribution in [0.1, 0.15) is 39.4 Å². The average molecular weight is 301 g/mol. The van der Waals surface area contributed by atoms with Crippen LogP contribution in [0.15, 0.2) is 4.52 Å². The fourth-order valence-electron chi connectivity index (χ4n) is 1.30. The summed E-state index contributed by atoms with van der Waals surface area (Å²) in [5, 5.41) is 15.2. The molecule has 1 heterocycles. The lowest BCUT2D eigenvalue weighted by Crippen LogP contribution is -2.41. The standard InChI is InChI=1S/C12H19N3O4S/c1-7(16)13-8(10(17)18)5-20-6-9-14-11(15-19-9)12(2,3)4/h8H,5-6H2,1-4H3,(H,13,16)(H,17,18)/t8-/m0/s1. The van der Waals surface area contributed by atoms with Crippen LogP contribution in [0.3, 0.4) is 0 Å². The molecule has 0 spiro atoms. The Morgan fingerprint density at radius 1 is 1.45 bits per heavy atom. The average Bonchev–Trinajstić information content (AvgIpc) is 2.75. The minimum atomic E-state index is -1.06. The van der Waals surface area contributed by atoms with Gasteiger partial charge in [-0.1, -0.05) is 25.9 Å². The van der Waals surface area contributed by atoms with Gasteiger partial charge in [0.15, 0.2) is 5.82 Å². The third kappa shape index (κ3) is 5.20. The Morgan fingerprint density at radius 2 is 2.10 bits per heavy atom. The zero-order chi connectivity index (χ0) is 15.3. The largest absolute Gasteiger partial charge is 0.480 e. The van der Waals surface area contributed by atoms with Crippen molar-refractivity contribution in [3.63, 3.8) is 0 Å². The summed E-state index contributed by atoms with van der Waals surface area (Å²) in [6, 6.07) is -0.914. The summed E-state index contributed by atoms with van der Waals surface area (Å²) in [4.78, 5) is 26.1. The number of nitrogens with one attached hydrogen (secondary N) is 1. The lowest BCUT2D eigenvalue weighted by molar-refractivity contribution is -0.140. The minimum absolute atomic E-state index is 0.188. The first-order chi connectivity index (χ1) is 9.20. The number of carbonyl (C=O) groups is 2. The smallest absolute Gasteiger partial charge is 0.327 e. The summed E-state index contributed by atoms with van der Waals surface area (Å²) < 4.78 is 5.10. The number of amides is 1. The first-order valence-corrected chi connectivity index (χ1v) is 7.26. The van der Waals surface area contributed by atoms with Crippen molar-refractivity contribution in [1.29, 1.82) is 0 Å². The summed E-state index contributed by atoms with van der Waals surface area (Å²) >= 11 is 1.32. The monoisotopic (exact) mass is 301 g/mol. The van der Waals surface area contributed by atoms with Crippen LogP contribution in [0.4, 0.5) is 0 Å². The number of carbonyl (C=O) groups excluding carboxylic acids is 1. The van der Waals surface area contributed by atoms with Gasteiger partial charge in [0, 0.05) is 18.1 Å². The fourth-order valence-corrected chi connectivity index (χ4v) is 2.17. The van der Waals surface area contributed by atoms with Crippen LogP contribution in [-0.4, -0.2) is 38.9 Å². The molecule has 0 saturated carbocycles. The molecule has 7 nitrogen and oxygen atoms in total. The van der Waals surface area contributed by atoms with Crippen LogP contribution in [0.5, 0.6) is 0 Å². The lowest BCUT2D eigenvalue weighted by Gasteiger charge is -2.12. The van der Waals surface area contributed by atoms with Crippen LogP contribution in [-0.2, 0) is 20.8 Å². The van der Waals surface area contributed by atoms with E-state index in [9.17, 15) is 9.59 Å². The summed E-state index contributed by atoms with van der Waals surface area (Å²) in [6.07, 6.45) is 0. The highest BCUT2D eigenvalue weighted by atomic mass is 32.2. The molecule has 0 radical (unpaired) electrons. The first-order valence-electron chi connectivity index (χ1n) is 6.11. The summed E-state index contributed by atoms with van der Waals surface area (Å²) in [5.41, 5.74) is -0.188. The lowest BCUT2D eigenvalue weighted by atomic mass is 9.96. The molecule has 0 aliphatic heterocycles. The van der Waals surface area contributed by atoms with Crippen molar-refractivity contribution in [3.8, 4) is 0 Å². The Labute approximate surface area is 121 Å². The van der Waals surface area contributed by atoms with Gasteiger partial charge in [-0.15, -0.1) is 11.8 Å². The SMILES string of the molecule is CC(=O)N[C@@H](CSCc1nc(C(C)(C)C)no1)C(=O)O. The van der Waals surface area contributed by atoms with Crippen molar-refractivity contribution in [2.75, 3.05) is 5.75 Å². The molecule has 1 aromatic rings. The van der Waals surface area contributed by atoms with Gasteiger partial charge in [-0.2, -0.15) is 4.98 Å². The summed E-state index contributed by atoms with van der Waals surface area (Å²) in [7, 11) is 0. The molecule has 0 aromatic carbocycles. The molecule has 1 rings (SSSR count). The number of carboxylic acids is 1. The molecule has 1 aromatic heterocycles. The molecule has 0 saturated heterocycles. The minimum Gasteiger partial charge on any atom is -0.480 e. The normalized spacial score (nSPS) is 13.0. The second-order valence-electron chi connectivity index (χ2n) is 5.37. The Hall–Kier alpha value is -1.57. The topological polar surface area (TPSA) is 105 Å². The van der Waals surface area contributed by atoms with E-state index in [-0.39, 0.29) is 17.1 Å². The molecule has 0 aliphatic rings. The van der Waals surface area contributed by atoms with Gasteiger partial charge in [-0.3, -0.25) is 4.79 Å². The van der Waals surface area contributed by atoms with Gasteiger partial charge in [0.2, 0.25) is 11.8 Å². The summed E-state index contributed by atoms with van der Waals surface area (Å²) in [5.74, 6) is 0.283. The van der Waals surface area contributed by atoms with E-state index in [0.717, 1.165) is 0 Å². The highest BCUT2D eigenvalue weighted by Gasteiger charge is 2.22. The highest BCUT2D eigenvalue weighted by Crippen LogP contribution is 2.20. The number of aliphatic carboxylic acids is 1. The molecule has 0 fully saturated rings. The van der Waals surface area contributed by atoms with Crippen molar-refractivity contribution in [3.05, 3.63) is 11.7 Å². The number of aromatic nitrogens is 2. The molecule has 2 N–H and O–H groups in total. The molecule has 112 valence electrons. The van der Waals surface area contributed by atoms with Gasteiger partial charge in [0.1, 0.15) is 6.04 Å². The van der Waals surface area contributed by atoms with Crippen molar-refractivity contribution in [1.82, 2.24) is 15.5 Å². The number of hydrogen-bond acceptors (Lipinski definition) is 6. The fraction of sp³-hybridized carbons (Fsp3) is 0.667. The number of hydrogen-bond donors (Lipinski definition) is 2. The van der Waals surface area contributed by atoms with Crippen LogP contribution < -0.4 is 5.32 Å². The third-order valence-electron chi connectivity index (χ3n) is 2.32. The van der Waals surface area contributed by atoms with E-state index in [2.05, 4.69) is 15.5 Å². The number of nitrogens with zero attached hydrogens (tertiary/aromatic N) is 2. The maximum Gasteiger partial charge on any atom is 0.327 e. The van der Waals surface area contributed by atoms with Crippen molar-refractivity contribution >= 4 is 23.6 Å². The van der Waals surface area contributed by atoms with Crippen molar-refractivity contribution in [2.24, 2.45) is 0 Å². The molecule has 8 heteroatoms. The molecule has 0 unspecified atom stereocenters. The zero-order valence-corrected chi connectivity index (χ0v) is 12.8. The van der Waals surface area contributed by atoms with Crippen LogP contribution >= 0.6 is 11.8 Å². The van der Waals surface area contributed by atoms with Gasteiger partial charge in [0.25, 0.3) is 0 Å². The second-order valence-corrected chi connectivity index (χ2v) is 6.40. The number of thioether (sulfide) groups is 1. The highest BCUT2D eigenvalue weighted by molar-refractivity contribution is 7.98. The molecule has 20 heavy (non-hydrogen) atoms. The number of carboxylic acid groups (broad SMARTS) is 1. The summed E-state index contributed by atoms with van der Waals surface area (Å²) in [6.45, 7) is 7.22. The quantitative estimate of drug-likeness (QED) is 0.813.